The lowest BCUT2D eigenvalue weighted by Gasteiger charge is -2.43. The largest absolute Gasteiger partial charge is 0.471 e. The summed E-state index contributed by atoms with van der Waals surface area (Å²) in [6.07, 6.45) is -12.2. The van der Waals surface area contributed by atoms with Crippen molar-refractivity contribution >= 4 is 23.8 Å². The number of halogens is 3. The minimum absolute atomic E-state index is 0.577. The molecule has 0 aromatic heterocycles. The SMILES string of the molecule is CC(=O)OC[C@@H]1OC(OC(C)=O)[C@@H](NC(=O)C(F)(F)F)[C@@H](OC(C)=O)[C@@H]1O. The van der Waals surface area contributed by atoms with E-state index in [1.807, 2.05) is 0 Å². The molecule has 1 aliphatic rings. The van der Waals surface area contributed by atoms with Crippen LogP contribution in [-0.2, 0) is 38.1 Å². The summed E-state index contributed by atoms with van der Waals surface area (Å²) in [7, 11) is 0. The van der Waals surface area contributed by atoms with Gasteiger partial charge in [0.1, 0.15) is 24.9 Å². The second-order valence-corrected chi connectivity index (χ2v) is 5.52. The highest BCUT2D eigenvalue weighted by molar-refractivity contribution is 5.82. The molecule has 27 heavy (non-hydrogen) atoms. The average molecular weight is 401 g/mol. The first kappa shape index (κ1) is 22.6. The van der Waals surface area contributed by atoms with Gasteiger partial charge in [-0.2, -0.15) is 13.2 Å². The van der Waals surface area contributed by atoms with E-state index in [0.717, 1.165) is 20.8 Å². The second kappa shape index (κ2) is 8.99. The molecule has 2 N–H and O–H groups in total. The molecule has 1 amide bonds. The summed E-state index contributed by atoms with van der Waals surface area (Å²) in [5, 5.41) is 11.7. The van der Waals surface area contributed by atoms with Gasteiger partial charge in [0.25, 0.3) is 0 Å². The predicted octanol–water partition coefficient (Wildman–Crippen LogP) is -0.823. The number of carbonyl (C=O) groups is 4. The monoisotopic (exact) mass is 401 g/mol. The minimum atomic E-state index is -5.30. The molecule has 0 bridgehead atoms. The van der Waals surface area contributed by atoms with Crippen molar-refractivity contribution in [2.75, 3.05) is 6.61 Å². The summed E-state index contributed by atoms with van der Waals surface area (Å²) in [4.78, 5) is 44.7. The summed E-state index contributed by atoms with van der Waals surface area (Å²) in [6.45, 7) is 2.30. The Morgan fingerprint density at radius 3 is 2.04 bits per heavy atom. The molecule has 5 atom stereocenters. The average Bonchev–Trinajstić information content (AvgIpc) is 2.49. The van der Waals surface area contributed by atoms with Crippen LogP contribution in [-0.4, -0.2) is 72.3 Å². The molecule has 13 heteroatoms. The van der Waals surface area contributed by atoms with Crippen LogP contribution in [0.5, 0.6) is 0 Å². The number of amides is 1. The van der Waals surface area contributed by atoms with Crippen LogP contribution < -0.4 is 5.32 Å². The van der Waals surface area contributed by atoms with Gasteiger partial charge in [-0.15, -0.1) is 0 Å². The maximum atomic E-state index is 12.6. The van der Waals surface area contributed by atoms with Crippen molar-refractivity contribution < 1.29 is 56.4 Å². The van der Waals surface area contributed by atoms with E-state index in [0.29, 0.717) is 0 Å². The van der Waals surface area contributed by atoms with Gasteiger partial charge in [-0.1, -0.05) is 0 Å². The molecule has 0 saturated carbocycles. The lowest BCUT2D eigenvalue weighted by Crippen LogP contribution is -2.67. The molecular weight excluding hydrogens is 383 g/mol. The molecule has 0 radical (unpaired) electrons. The van der Waals surface area contributed by atoms with Gasteiger partial charge >= 0.3 is 30.0 Å². The van der Waals surface area contributed by atoms with E-state index in [4.69, 9.17) is 14.2 Å². The Balaban J connectivity index is 3.17. The zero-order valence-corrected chi connectivity index (χ0v) is 14.4. The fourth-order valence-electron chi connectivity index (χ4n) is 2.24. The number of aliphatic hydroxyl groups excluding tert-OH is 1. The van der Waals surface area contributed by atoms with Crippen LogP contribution in [0.25, 0.3) is 0 Å². The normalized spacial score (nSPS) is 28.0. The number of alkyl halides is 3. The molecule has 1 rings (SSSR count). The van der Waals surface area contributed by atoms with Gasteiger partial charge < -0.3 is 29.4 Å². The van der Waals surface area contributed by atoms with Crippen molar-refractivity contribution in [2.24, 2.45) is 0 Å². The van der Waals surface area contributed by atoms with E-state index in [-0.39, 0.29) is 0 Å². The number of rotatable bonds is 5. The first-order chi connectivity index (χ1) is 12.3. The number of hydrogen-bond acceptors (Lipinski definition) is 9. The molecule has 154 valence electrons. The van der Waals surface area contributed by atoms with Crippen LogP contribution in [0, 0.1) is 0 Å². The van der Waals surface area contributed by atoms with Gasteiger partial charge in [0.05, 0.1) is 0 Å². The van der Waals surface area contributed by atoms with Crippen LogP contribution in [0.2, 0.25) is 0 Å². The fraction of sp³-hybridized carbons (Fsp3) is 0.714. The Kier molecular flexibility index (Phi) is 7.54. The maximum Gasteiger partial charge on any atom is 0.471 e. The van der Waals surface area contributed by atoms with Crippen LogP contribution in [0.15, 0.2) is 0 Å². The third-order valence-corrected chi connectivity index (χ3v) is 3.26. The highest BCUT2D eigenvalue weighted by Gasteiger charge is 2.52. The summed E-state index contributed by atoms with van der Waals surface area (Å²) in [6, 6.07) is -1.88. The number of nitrogens with one attached hydrogen (secondary N) is 1. The van der Waals surface area contributed by atoms with Crippen molar-refractivity contribution in [1.82, 2.24) is 5.32 Å². The quantitative estimate of drug-likeness (QED) is 0.447. The zero-order valence-electron chi connectivity index (χ0n) is 14.4. The Morgan fingerprint density at radius 1 is 1.04 bits per heavy atom. The summed E-state index contributed by atoms with van der Waals surface area (Å²) in [5.41, 5.74) is 0. The smallest absolute Gasteiger partial charge is 0.463 e. The molecule has 1 unspecified atom stereocenters. The number of ether oxygens (including phenoxy) is 4. The number of aliphatic hydroxyl groups is 1. The van der Waals surface area contributed by atoms with Gasteiger partial charge in [0.15, 0.2) is 6.10 Å². The Morgan fingerprint density at radius 2 is 1.59 bits per heavy atom. The molecule has 0 spiro atoms. The second-order valence-electron chi connectivity index (χ2n) is 5.52. The predicted molar refractivity (Wildman–Crippen MR) is 76.6 cm³/mol. The van der Waals surface area contributed by atoms with Crippen molar-refractivity contribution in [3.63, 3.8) is 0 Å². The third-order valence-electron chi connectivity index (χ3n) is 3.26. The maximum absolute atomic E-state index is 12.6. The molecule has 1 aliphatic heterocycles. The van der Waals surface area contributed by atoms with Crippen molar-refractivity contribution in [3.8, 4) is 0 Å². The number of carbonyl (C=O) groups excluding carboxylic acids is 4. The Labute approximate surface area is 150 Å². The zero-order chi connectivity index (χ0) is 20.9. The van der Waals surface area contributed by atoms with Crippen LogP contribution in [0.4, 0.5) is 13.2 Å². The van der Waals surface area contributed by atoms with E-state index < -0.39 is 67.2 Å². The molecule has 1 saturated heterocycles. The summed E-state index contributed by atoms with van der Waals surface area (Å²) in [5.74, 6) is -5.18. The summed E-state index contributed by atoms with van der Waals surface area (Å²) < 4.78 is 57.1. The highest BCUT2D eigenvalue weighted by atomic mass is 19.4. The van der Waals surface area contributed by atoms with Gasteiger partial charge in [-0.3, -0.25) is 19.2 Å². The molecule has 1 fully saturated rings. The van der Waals surface area contributed by atoms with Gasteiger partial charge in [-0.25, -0.2) is 0 Å². The highest BCUT2D eigenvalue weighted by Crippen LogP contribution is 2.26. The van der Waals surface area contributed by atoms with E-state index in [9.17, 15) is 37.5 Å². The van der Waals surface area contributed by atoms with Gasteiger partial charge in [0, 0.05) is 20.8 Å². The topological polar surface area (TPSA) is 137 Å². The third kappa shape index (κ3) is 6.67. The standard InChI is InChI=1S/C14H18F3NO9/c1-5(19)24-4-8-10(22)11(25-6(2)20)9(12(27-8)26-7(3)21)18-13(23)14(15,16)17/h8-12,22H,4H2,1-3H3,(H,18,23)/t8-,9-,10+,11+,12?/m0/s1. The van der Waals surface area contributed by atoms with Crippen molar-refractivity contribution in [3.05, 3.63) is 0 Å². The van der Waals surface area contributed by atoms with Crippen LogP contribution >= 0.6 is 0 Å². The number of hydrogen-bond donors (Lipinski definition) is 2. The van der Waals surface area contributed by atoms with E-state index in [1.54, 1.807) is 0 Å². The Bertz CT molecular complexity index is 595. The molecule has 0 aromatic rings. The fourth-order valence-corrected chi connectivity index (χ4v) is 2.24. The van der Waals surface area contributed by atoms with Gasteiger partial charge in [-0.05, 0) is 0 Å². The van der Waals surface area contributed by atoms with Crippen molar-refractivity contribution in [2.45, 2.75) is 57.6 Å². The van der Waals surface area contributed by atoms with E-state index in [2.05, 4.69) is 4.74 Å². The van der Waals surface area contributed by atoms with E-state index in [1.165, 1.54) is 5.32 Å². The lowest BCUT2D eigenvalue weighted by molar-refractivity contribution is -0.268. The van der Waals surface area contributed by atoms with E-state index >= 15 is 0 Å². The van der Waals surface area contributed by atoms with Crippen molar-refractivity contribution in [1.29, 1.82) is 0 Å². The number of esters is 3. The molecular formula is C14H18F3NO9. The molecule has 0 aromatic carbocycles. The first-order valence-electron chi connectivity index (χ1n) is 7.52. The van der Waals surface area contributed by atoms with Gasteiger partial charge in [0.2, 0.25) is 6.29 Å². The minimum Gasteiger partial charge on any atom is -0.463 e. The molecule has 0 aliphatic carbocycles. The first-order valence-corrected chi connectivity index (χ1v) is 7.52. The summed E-state index contributed by atoms with van der Waals surface area (Å²) >= 11 is 0. The molecule has 10 nitrogen and oxygen atoms in total. The molecule has 1 heterocycles. The Hall–Kier alpha value is -2.41. The lowest BCUT2D eigenvalue weighted by atomic mass is 9.96. The van der Waals surface area contributed by atoms with Crippen LogP contribution in [0.3, 0.4) is 0 Å². The van der Waals surface area contributed by atoms with Crippen LogP contribution in [0.1, 0.15) is 20.8 Å².